The molecule has 0 saturated carbocycles. The second-order valence-corrected chi connectivity index (χ2v) is 4.72. The molecule has 1 aromatic carbocycles. The lowest BCUT2D eigenvalue weighted by atomic mass is 10.1. The minimum absolute atomic E-state index is 0.228. The van der Waals surface area contributed by atoms with Crippen molar-refractivity contribution < 1.29 is 4.74 Å². The largest absolute Gasteiger partial charge is 0.490 e. The van der Waals surface area contributed by atoms with Gasteiger partial charge in [0.1, 0.15) is 17.9 Å². The molecule has 1 aliphatic rings. The van der Waals surface area contributed by atoms with Crippen LogP contribution in [0.5, 0.6) is 5.75 Å². The fraction of sp³-hybridized carbons (Fsp3) is 0.333. The summed E-state index contributed by atoms with van der Waals surface area (Å²) < 4.78 is 6.09. The van der Waals surface area contributed by atoms with E-state index in [9.17, 15) is 5.26 Å². The van der Waals surface area contributed by atoms with E-state index < -0.39 is 0 Å². The van der Waals surface area contributed by atoms with Crippen LogP contribution in [0.3, 0.4) is 0 Å². The molecule has 1 aromatic heterocycles. The lowest BCUT2D eigenvalue weighted by Gasteiger charge is -2.24. The van der Waals surface area contributed by atoms with Crippen LogP contribution < -0.4 is 10.1 Å². The molecule has 4 heteroatoms. The maximum atomic E-state index is 9.21. The van der Waals surface area contributed by atoms with Gasteiger partial charge >= 0.3 is 0 Å². The average molecular weight is 253 g/mol. The molecule has 2 heterocycles. The Bertz CT molecular complexity index is 622. The molecule has 0 bridgehead atoms. The van der Waals surface area contributed by atoms with Gasteiger partial charge in [0.2, 0.25) is 0 Å². The predicted octanol–water partition coefficient (Wildman–Crippen LogP) is 2.24. The van der Waals surface area contributed by atoms with Gasteiger partial charge in [0, 0.05) is 23.2 Å². The van der Waals surface area contributed by atoms with Crippen LogP contribution in [-0.4, -0.2) is 24.2 Å². The molecular weight excluding hydrogens is 238 g/mol. The zero-order valence-electron chi connectivity index (χ0n) is 10.6. The van der Waals surface area contributed by atoms with Crippen LogP contribution in [0.25, 0.3) is 10.8 Å². The average Bonchev–Trinajstić information content (AvgIpc) is 2.48. The molecule has 0 unspecified atom stereocenters. The van der Waals surface area contributed by atoms with Crippen molar-refractivity contribution in [3.05, 3.63) is 36.2 Å². The second kappa shape index (κ2) is 5.25. The summed E-state index contributed by atoms with van der Waals surface area (Å²) in [5, 5.41) is 14.4. The number of hydrogen-bond donors (Lipinski definition) is 1. The van der Waals surface area contributed by atoms with Gasteiger partial charge in [-0.15, -0.1) is 0 Å². The van der Waals surface area contributed by atoms with Crippen LogP contribution in [0.1, 0.15) is 18.4 Å². The van der Waals surface area contributed by atoms with E-state index in [4.69, 9.17) is 4.74 Å². The van der Waals surface area contributed by atoms with Crippen molar-refractivity contribution in [2.45, 2.75) is 18.9 Å². The minimum Gasteiger partial charge on any atom is -0.490 e. The number of pyridine rings is 1. The van der Waals surface area contributed by atoms with E-state index in [-0.39, 0.29) is 6.10 Å². The van der Waals surface area contributed by atoms with Crippen molar-refractivity contribution in [2.24, 2.45) is 0 Å². The van der Waals surface area contributed by atoms with Gasteiger partial charge < -0.3 is 10.1 Å². The van der Waals surface area contributed by atoms with Crippen LogP contribution in [0, 0.1) is 11.3 Å². The fourth-order valence-corrected chi connectivity index (χ4v) is 2.48. The Hall–Kier alpha value is -2.12. The summed E-state index contributed by atoms with van der Waals surface area (Å²) in [6.45, 7) is 1.98. The minimum atomic E-state index is 0.228. The first kappa shape index (κ1) is 11.9. The molecule has 1 fully saturated rings. The molecule has 4 nitrogen and oxygen atoms in total. The highest BCUT2D eigenvalue weighted by molar-refractivity contribution is 5.92. The van der Waals surface area contributed by atoms with Crippen LogP contribution in [0.15, 0.2) is 30.6 Å². The quantitative estimate of drug-likeness (QED) is 0.891. The van der Waals surface area contributed by atoms with Crippen LogP contribution >= 0.6 is 0 Å². The zero-order chi connectivity index (χ0) is 13.1. The van der Waals surface area contributed by atoms with Gasteiger partial charge in [0.25, 0.3) is 0 Å². The Morgan fingerprint density at radius 1 is 1.26 bits per heavy atom. The Morgan fingerprint density at radius 3 is 2.89 bits per heavy atom. The number of hydrogen-bond acceptors (Lipinski definition) is 4. The van der Waals surface area contributed by atoms with Crippen molar-refractivity contribution in [3.63, 3.8) is 0 Å². The summed E-state index contributed by atoms with van der Waals surface area (Å²) in [4.78, 5) is 4.08. The zero-order valence-corrected chi connectivity index (χ0v) is 10.6. The molecular formula is C15H15N3O. The van der Waals surface area contributed by atoms with Gasteiger partial charge in [-0.05, 0) is 32.0 Å². The first-order valence-corrected chi connectivity index (χ1v) is 6.52. The lowest BCUT2D eigenvalue weighted by Crippen LogP contribution is -2.34. The molecule has 3 rings (SSSR count). The van der Waals surface area contributed by atoms with Crippen molar-refractivity contribution in [1.82, 2.24) is 10.3 Å². The maximum Gasteiger partial charge on any atom is 0.128 e. The van der Waals surface area contributed by atoms with E-state index in [2.05, 4.69) is 16.4 Å². The summed E-state index contributed by atoms with van der Waals surface area (Å²) in [5.74, 6) is 0.795. The van der Waals surface area contributed by atoms with Crippen molar-refractivity contribution in [2.75, 3.05) is 13.1 Å². The highest BCUT2D eigenvalue weighted by Gasteiger charge is 2.16. The Labute approximate surface area is 112 Å². The van der Waals surface area contributed by atoms with E-state index in [1.807, 2.05) is 18.2 Å². The number of fused-ring (bicyclic) bond motifs is 1. The van der Waals surface area contributed by atoms with Gasteiger partial charge in [-0.25, -0.2) is 0 Å². The molecule has 96 valence electrons. The molecule has 2 aromatic rings. The number of nitriles is 1. The normalized spacial score (nSPS) is 16.2. The van der Waals surface area contributed by atoms with E-state index in [1.54, 1.807) is 12.4 Å². The third kappa shape index (κ3) is 2.38. The molecule has 0 radical (unpaired) electrons. The van der Waals surface area contributed by atoms with Crippen molar-refractivity contribution in [3.8, 4) is 11.8 Å². The van der Waals surface area contributed by atoms with Crippen LogP contribution in [0.4, 0.5) is 0 Å². The molecule has 1 saturated heterocycles. The lowest BCUT2D eigenvalue weighted by molar-refractivity contribution is 0.164. The molecule has 0 spiro atoms. The first-order valence-electron chi connectivity index (χ1n) is 6.52. The monoisotopic (exact) mass is 253 g/mol. The SMILES string of the molecule is N#Cc1cncc2cccc(OC3CCNCC3)c12. The second-order valence-electron chi connectivity index (χ2n) is 4.72. The number of nitrogens with zero attached hydrogens (tertiary/aromatic N) is 2. The van der Waals surface area contributed by atoms with Crippen molar-refractivity contribution >= 4 is 10.8 Å². The maximum absolute atomic E-state index is 9.21. The first-order chi connectivity index (χ1) is 9.38. The van der Waals surface area contributed by atoms with E-state index in [0.717, 1.165) is 42.5 Å². The summed E-state index contributed by atoms with van der Waals surface area (Å²) in [6.07, 6.45) is 5.60. The van der Waals surface area contributed by atoms with E-state index >= 15 is 0 Å². The van der Waals surface area contributed by atoms with E-state index in [0.29, 0.717) is 5.56 Å². The standard InChI is InChI=1S/C15H15N3O/c16-8-12-10-18-9-11-2-1-3-14(15(11)12)19-13-4-6-17-7-5-13/h1-3,9-10,13,17H,4-7H2. The third-order valence-corrected chi connectivity index (χ3v) is 3.45. The molecule has 1 N–H and O–H groups in total. The van der Waals surface area contributed by atoms with Crippen LogP contribution in [0.2, 0.25) is 0 Å². The summed E-state index contributed by atoms with van der Waals surface area (Å²) in [6, 6.07) is 8.03. The third-order valence-electron chi connectivity index (χ3n) is 3.45. The molecule has 19 heavy (non-hydrogen) atoms. The van der Waals surface area contributed by atoms with Crippen LogP contribution in [-0.2, 0) is 0 Å². The highest BCUT2D eigenvalue weighted by atomic mass is 16.5. The predicted molar refractivity (Wildman–Crippen MR) is 73.0 cm³/mol. The Kier molecular flexibility index (Phi) is 3.30. The Balaban J connectivity index is 2.00. The number of ether oxygens (including phenoxy) is 1. The summed E-state index contributed by atoms with van der Waals surface area (Å²) >= 11 is 0. The Morgan fingerprint density at radius 2 is 2.11 bits per heavy atom. The van der Waals surface area contributed by atoms with Gasteiger partial charge in [0.05, 0.1) is 5.56 Å². The molecule has 0 amide bonds. The topological polar surface area (TPSA) is 57.9 Å². The van der Waals surface area contributed by atoms with Gasteiger partial charge in [-0.2, -0.15) is 5.26 Å². The fourth-order valence-electron chi connectivity index (χ4n) is 2.48. The number of benzene rings is 1. The van der Waals surface area contributed by atoms with Gasteiger partial charge in [0.15, 0.2) is 0 Å². The highest BCUT2D eigenvalue weighted by Crippen LogP contribution is 2.29. The number of nitrogens with one attached hydrogen (secondary N) is 1. The molecule has 0 aliphatic carbocycles. The molecule has 1 aliphatic heterocycles. The number of aromatic nitrogens is 1. The van der Waals surface area contributed by atoms with E-state index in [1.165, 1.54) is 0 Å². The summed E-state index contributed by atoms with van der Waals surface area (Å²) in [7, 11) is 0. The number of piperidine rings is 1. The summed E-state index contributed by atoms with van der Waals surface area (Å²) in [5.41, 5.74) is 0.571. The van der Waals surface area contributed by atoms with Crippen molar-refractivity contribution in [1.29, 1.82) is 5.26 Å². The van der Waals surface area contributed by atoms with Gasteiger partial charge in [-0.1, -0.05) is 12.1 Å². The van der Waals surface area contributed by atoms with Gasteiger partial charge in [-0.3, -0.25) is 4.98 Å². The molecule has 0 atom stereocenters. The number of rotatable bonds is 2. The smallest absolute Gasteiger partial charge is 0.128 e.